The predicted octanol–water partition coefficient (Wildman–Crippen LogP) is 2.23. The molecule has 8 heteroatoms. The van der Waals surface area contributed by atoms with E-state index in [9.17, 15) is 9.59 Å². The molecule has 2 N–H and O–H groups in total. The van der Waals surface area contributed by atoms with E-state index >= 15 is 0 Å². The first-order chi connectivity index (χ1) is 11.7. The smallest absolute Gasteiger partial charge is 0.240 e. The van der Waals surface area contributed by atoms with Gasteiger partial charge in [-0.25, -0.2) is 0 Å². The third-order valence-electron chi connectivity index (χ3n) is 3.08. The molecule has 24 heavy (non-hydrogen) atoms. The van der Waals surface area contributed by atoms with Crippen LogP contribution in [0.25, 0.3) is 0 Å². The van der Waals surface area contributed by atoms with Gasteiger partial charge in [0.2, 0.25) is 11.8 Å². The predicted molar refractivity (Wildman–Crippen MR) is 92.9 cm³/mol. The van der Waals surface area contributed by atoms with Gasteiger partial charge in [-0.05, 0) is 24.3 Å². The molecule has 7 nitrogen and oxygen atoms in total. The van der Waals surface area contributed by atoms with E-state index in [0.717, 1.165) is 0 Å². The lowest BCUT2D eigenvalue weighted by Crippen LogP contribution is -2.28. The van der Waals surface area contributed by atoms with Crippen molar-refractivity contribution in [1.29, 1.82) is 0 Å². The number of carbonyl (C=O) groups is 2. The molecule has 2 aromatic rings. The van der Waals surface area contributed by atoms with E-state index in [1.54, 1.807) is 24.3 Å². The first kappa shape index (κ1) is 16.0. The topological polar surface area (TPSA) is 96.1 Å². The highest BCUT2D eigenvalue weighted by Gasteiger charge is 2.32. The highest BCUT2D eigenvalue weighted by Crippen LogP contribution is 2.23. The molecule has 1 atom stereocenters. The van der Waals surface area contributed by atoms with Crippen LogP contribution < -0.4 is 10.6 Å². The maximum absolute atomic E-state index is 12.0. The summed E-state index contributed by atoms with van der Waals surface area (Å²) in [5.41, 5.74) is 0.697. The average Bonchev–Trinajstić information content (AvgIpc) is 3.19. The normalized spacial score (nSPS) is 18.9. The van der Waals surface area contributed by atoms with Crippen molar-refractivity contribution in [3.63, 3.8) is 0 Å². The Labute approximate surface area is 142 Å². The minimum absolute atomic E-state index is 0.0618. The molecule has 1 saturated heterocycles. The van der Waals surface area contributed by atoms with Gasteiger partial charge >= 0.3 is 0 Å². The van der Waals surface area contributed by atoms with Crippen molar-refractivity contribution in [3.8, 4) is 0 Å². The second-order valence-corrected chi connectivity index (χ2v) is 6.07. The summed E-state index contributed by atoms with van der Waals surface area (Å²) >= 11 is 1.18. The molecule has 0 bridgehead atoms. The first-order valence-corrected chi connectivity index (χ1v) is 8.05. The summed E-state index contributed by atoms with van der Waals surface area (Å²) in [6.45, 7) is 0. The quantitative estimate of drug-likeness (QED) is 0.643. The van der Waals surface area contributed by atoms with Crippen molar-refractivity contribution >= 4 is 40.6 Å². The van der Waals surface area contributed by atoms with Gasteiger partial charge in [0.05, 0.1) is 12.5 Å². The summed E-state index contributed by atoms with van der Waals surface area (Å²) in [6, 6.07) is 12.6. The molecule has 1 fully saturated rings. The zero-order chi connectivity index (χ0) is 16.8. The minimum atomic E-state index is -0.522. The summed E-state index contributed by atoms with van der Waals surface area (Å²) in [4.78, 5) is 23.9. The Morgan fingerprint density at radius 1 is 1.29 bits per heavy atom. The van der Waals surface area contributed by atoms with Crippen molar-refractivity contribution in [2.75, 3.05) is 5.32 Å². The molecule has 0 aliphatic carbocycles. The number of para-hydroxylation sites is 1. The number of thioether (sulfide) groups is 1. The summed E-state index contributed by atoms with van der Waals surface area (Å²) in [5.74, 6) is 0.0804. The number of hydrogen-bond acceptors (Lipinski definition) is 6. The molecule has 1 aliphatic heterocycles. The van der Waals surface area contributed by atoms with Crippen LogP contribution in [0.15, 0.2) is 63.3 Å². The van der Waals surface area contributed by atoms with Gasteiger partial charge in [-0.2, -0.15) is 5.10 Å². The maximum Gasteiger partial charge on any atom is 0.240 e. The molecule has 0 unspecified atom stereocenters. The number of amides is 2. The summed E-state index contributed by atoms with van der Waals surface area (Å²) in [6.07, 6.45) is 3.03. The molecule has 0 saturated carbocycles. The fourth-order valence-corrected chi connectivity index (χ4v) is 2.92. The van der Waals surface area contributed by atoms with E-state index < -0.39 is 5.25 Å². The van der Waals surface area contributed by atoms with E-state index in [0.29, 0.717) is 16.6 Å². The molecular weight excluding hydrogens is 328 g/mol. The number of nitrogens with zero attached hydrogens (tertiary/aromatic N) is 2. The van der Waals surface area contributed by atoms with Crippen LogP contribution in [0.1, 0.15) is 12.2 Å². The summed E-state index contributed by atoms with van der Waals surface area (Å²) < 4.78 is 5.08. The summed E-state index contributed by atoms with van der Waals surface area (Å²) in [5, 5.41) is 13.0. The zero-order valence-electron chi connectivity index (χ0n) is 12.5. The zero-order valence-corrected chi connectivity index (χ0v) is 13.3. The van der Waals surface area contributed by atoms with Crippen LogP contribution in [-0.2, 0) is 9.59 Å². The van der Waals surface area contributed by atoms with Crippen LogP contribution in [0.4, 0.5) is 5.69 Å². The highest BCUT2D eigenvalue weighted by atomic mass is 32.2. The number of hydrogen-bond donors (Lipinski definition) is 2. The number of nitrogens with one attached hydrogen (secondary N) is 2. The van der Waals surface area contributed by atoms with Crippen LogP contribution >= 0.6 is 11.8 Å². The fraction of sp³-hybridized carbons (Fsp3) is 0.125. The molecule has 2 amide bonds. The molecule has 122 valence electrons. The van der Waals surface area contributed by atoms with Crippen molar-refractivity contribution in [2.24, 2.45) is 10.2 Å². The molecular formula is C16H14N4O3S. The Morgan fingerprint density at radius 3 is 2.88 bits per heavy atom. The van der Waals surface area contributed by atoms with Crippen molar-refractivity contribution in [2.45, 2.75) is 11.7 Å². The number of benzene rings is 1. The van der Waals surface area contributed by atoms with Crippen molar-refractivity contribution in [1.82, 2.24) is 5.32 Å². The third kappa shape index (κ3) is 4.32. The maximum atomic E-state index is 12.0. The Bertz CT molecular complexity index is 772. The van der Waals surface area contributed by atoms with Gasteiger partial charge in [0.25, 0.3) is 0 Å². The number of furan rings is 1. The van der Waals surface area contributed by atoms with Crippen LogP contribution in [0.5, 0.6) is 0 Å². The van der Waals surface area contributed by atoms with E-state index in [2.05, 4.69) is 20.8 Å². The number of rotatable bonds is 5. The summed E-state index contributed by atoms with van der Waals surface area (Å²) in [7, 11) is 0. The standard InChI is InChI=1S/C16H14N4O3S/c21-14(18-11-5-2-1-3-6-11)9-13-15(22)19-16(24-13)20-17-10-12-7-4-8-23-12/h1-8,10,13H,9H2,(H,18,21)(H,19,20,22)/b17-10+/t13-/m1/s1. The molecule has 2 heterocycles. The Morgan fingerprint density at radius 2 is 2.12 bits per heavy atom. The van der Waals surface area contributed by atoms with Gasteiger partial charge in [0, 0.05) is 12.1 Å². The lowest BCUT2D eigenvalue weighted by molar-refractivity contribution is -0.122. The molecule has 1 aromatic carbocycles. The molecule has 3 rings (SSSR count). The number of amidine groups is 1. The lowest BCUT2D eigenvalue weighted by Gasteiger charge is -2.06. The SMILES string of the molecule is O=C(C[C@H]1S/C(=N/N=C/c2ccco2)NC1=O)Nc1ccccc1. The second kappa shape index (κ2) is 7.60. The molecule has 0 spiro atoms. The van der Waals surface area contributed by atoms with Crippen molar-refractivity contribution in [3.05, 3.63) is 54.5 Å². The van der Waals surface area contributed by atoms with Crippen LogP contribution in [0, 0.1) is 0 Å². The largest absolute Gasteiger partial charge is 0.463 e. The lowest BCUT2D eigenvalue weighted by atomic mass is 10.2. The molecule has 0 radical (unpaired) electrons. The Kier molecular flexibility index (Phi) is 5.07. The van der Waals surface area contributed by atoms with Gasteiger partial charge in [0.15, 0.2) is 5.17 Å². The van der Waals surface area contributed by atoms with E-state index in [4.69, 9.17) is 4.42 Å². The van der Waals surface area contributed by atoms with Gasteiger partial charge in [0.1, 0.15) is 11.0 Å². The van der Waals surface area contributed by atoms with Crippen molar-refractivity contribution < 1.29 is 14.0 Å². The second-order valence-electron chi connectivity index (χ2n) is 4.88. The first-order valence-electron chi connectivity index (χ1n) is 7.17. The highest BCUT2D eigenvalue weighted by molar-refractivity contribution is 8.15. The van der Waals surface area contributed by atoms with E-state index in [1.807, 2.05) is 18.2 Å². The van der Waals surface area contributed by atoms with Gasteiger partial charge in [-0.3, -0.25) is 9.59 Å². The van der Waals surface area contributed by atoms with Crippen LogP contribution in [0.2, 0.25) is 0 Å². The van der Waals surface area contributed by atoms with Crippen LogP contribution in [0.3, 0.4) is 0 Å². The number of carbonyl (C=O) groups excluding carboxylic acids is 2. The van der Waals surface area contributed by atoms with Gasteiger partial charge < -0.3 is 15.1 Å². The Hall–Kier alpha value is -2.87. The third-order valence-corrected chi connectivity index (χ3v) is 4.15. The van der Waals surface area contributed by atoms with E-state index in [-0.39, 0.29) is 18.2 Å². The molecule has 1 aliphatic rings. The average molecular weight is 342 g/mol. The molecule has 1 aromatic heterocycles. The van der Waals surface area contributed by atoms with Gasteiger partial charge in [-0.15, -0.1) is 5.10 Å². The minimum Gasteiger partial charge on any atom is -0.463 e. The Balaban J connectivity index is 1.54. The monoisotopic (exact) mass is 342 g/mol. The fourth-order valence-electron chi connectivity index (χ4n) is 1.99. The van der Waals surface area contributed by atoms with Gasteiger partial charge in [-0.1, -0.05) is 30.0 Å². The van der Waals surface area contributed by atoms with E-state index in [1.165, 1.54) is 24.2 Å². The number of anilines is 1. The van der Waals surface area contributed by atoms with Crippen LogP contribution in [-0.4, -0.2) is 28.4 Å².